The van der Waals surface area contributed by atoms with Crippen molar-refractivity contribution in [1.82, 2.24) is 24.9 Å². The summed E-state index contributed by atoms with van der Waals surface area (Å²) in [6.07, 6.45) is 6.25. The van der Waals surface area contributed by atoms with Crippen LogP contribution in [-0.4, -0.2) is 71.0 Å². The lowest BCUT2D eigenvalue weighted by Crippen LogP contribution is -2.50. The van der Waals surface area contributed by atoms with E-state index < -0.39 is 0 Å². The SMILES string of the molecule is CN(C)C(=O)N[C@@H]1CN(Cc2cnn(C)c2)[C@H]2CCCO[C@@H]12. The summed E-state index contributed by atoms with van der Waals surface area (Å²) in [5.74, 6) is 0. The van der Waals surface area contributed by atoms with E-state index in [-0.39, 0.29) is 18.2 Å². The third kappa shape index (κ3) is 3.10. The van der Waals surface area contributed by atoms with Crippen molar-refractivity contribution in [3.8, 4) is 0 Å². The monoisotopic (exact) mass is 307 g/mol. The van der Waals surface area contributed by atoms with E-state index in [9.17, 15) is 4.79 Å². The van der Waals surface area contributed by atoms with Gasteiger partial charge in [0.1, 0.15) is 0 Å². The third-order valence-corrected chi connectivity index (χ3v) is 4.49. The van der Waals surface area contributed by atoms with E-state index in [2.05, 4.69) is 15.3 Å². The smallest absolute Gasteiger partial charge is 0.317 e. The molecule has 2 fully saturated rings. The normalized spacial score (nSPS) is 28.4. The Balaban J connectivity index is 1.70. The van der Waals surface area contributed by atoms with Gasteiger partial charge < -0.3 is 15.0 Å². The molecular formula is C15H25N5O2. The zero-order chi connectivity index (χ0) is 15.7. The van der Waals surface area contributed by atoms with Crippen LogP contribution in [0.15, 0.2) is 12.4 Å². The number of ether oxygens (including phenoxy) is 1. The van der Waals surface area contributed by atoms with Crippen LogP contribution in [0.5, 0.6) is 0 Å². The first kappa shape index (κ1) is 15.3. The summed E-state index contributed by atoms with van der Waals surface area (Å²) >= 11 is 0. The van der Waals surface area contributed by atoms with Crippen molar-refractivity contribution in [2.45, 2.75) is 37.6 Å². The molecule has 0 spiro atoms. The van der Waals surface area contributed by atoms with E-state index in [1.807, 2.05) is 24.1 Å². The first-order valence-electron chi connectivity index (χ1n) is 7.85. The molecule has 1 aromatic rings. The van der Waals surface area contributed by atoms with E-state index >= 15 is 0 Å². The maximum absolute atomic E-state index is 12.0. The number of rotatable bonds is 3. The Bertz CT molecular complexity index is 530. The van der Waals surface area contributed by atoms with Gasteiger partial charge in [0.2, 0.25) is 0 Å². The van der Waals surface area contributed by atoms with Crippen LogP contribution in [0.2, 0.25) is 0 Å². The molecule has 0 radical (unpaired) electrons. The number of likely N-dealkylation sites (tertiary alicyclic amines) is 1. The molecule has 1 aromatic heterocycles. The summed E-state index contributed by atoms with van der Waals surface area (Å²) in [6.45, 7) is 2.47. The van der Waals surface area contributed by atoms with E-state index in [1.54, 1.807) is 19.0 Å². The van der Waals surface area contributed by atoms with E-state index in [4.69, 9.17) is 4.74 Å². The van der Waals surface area contributed by atoms with Gasteiger partial charge in [-0.25, -0.2) is 4.79 Å². The van der Waals surface area contributed by atoms with Gasteiger partial charge >= 0.3 is 6.03 Å². The summed E-state index contributed by atoms with van der Waals surface area (Å²) in [5, 5.41) is 7.33. The lowest BCUT2D eigenvalue weighted by atomic mass is 10.0. The van der Waals surface area contributed by atoms with Gasteiger partial charge in [0.25, 0.3) is 0 Å². The van der Waals surface area contributed by atoms with Gasteiger partial charge in [0.05, 0.1) is 18.3 Å². The van der Waals surface area contributed by atoms with Crippen LogP contribution in [0.4, 0.5) is 4.79 Å². The Morgan fingerprint density at radius 2 is 2.36 bits per heavy atom. The fraction of sp³-hybridized carbons (Fsp3) is 0.733. The highest BCUT2D eigenvalue weighted by Gasteiger charge is 2.44. The Morgan fingerprint density at radius 3 is 3.05 bits per heavy atom. The predicted octanol–water partition coefficient (Wildman–Crippen LogP) is 0.423. The molecule has 3 atom stereocenters. The molecule has 1 N–H and O–H groups in total. The zero-order valence-corrected chi connectivity index (χ0v) is 13.5. The second-order valence-corrected chi connectivity index (χ2v) is 6.45. The number of hydrogen-bond acceptors (Lipinski definition) is 4. The number of aryl methyl sites for hydroxylation is 1. The molecule has 3 heterocycles. The number of carbonyl (C=O) groups excluding carboxylic acids is 1. The fourth-order valence-corrected chi connectivity index (χ4v) is 3.44. The maximum Gasteiger partial charge on any atom is 0.317 e. The van der Waals surface area contributed by atoms with Crippen molar-refractivity contribution in [3.63, 3.8) is 0 Å². The third-order valence-electron chi connectivity index (χ3n) is 4.49. The van der Waals surface area contributed by atoms with Crippen molar-refractivity contribution in [2.24, 2.45) is 7.05 Å². The molecule has 22 heavy (non-hydrogen) atoms. The van der Waals surface area contributed by atoms with E-state index in [0.717, 1.165) is 32.5 Å². The Kier molecular flexibility index (Phi) is 4.35. The molecule has 7 heteroatoms. The molecule has 0 saturated carbocycles. The Labute approximate surface area is 131 Å². The average Bonchev–Trinajstić information content (AvgIpc) is 3.04. The summed E-state index contributed by atoms with van der Waals surface area (Å²) in [6, 6.07) is 0.374. The number of hydrogen-bond donors (Lipinski definition) is 1. The van der Waals surface area contributed by atoms with E-state index in [0.29, 0.717) is 6.04 Å². The summed E-state index contributed by atoms with van der Waals surface area (Å²) in [5.41, 5.74) is 1.20. The average molecular weight is 307 g/mol. The molecule has 0 aliphatic carbocycles. The molecule has 0 unspecified atom stereocenters. The second-order valence-electron chi connectivity index (χ2n) is 6.45. The molecule has 3 rings (SSSR count). The van der Waals surface area contributed by atoms with Crippen molar-refractivity contribution in [1.29, 1.82) is 0 Å². The number of amides is 2. The Morgan fingerprint density at radius 1 is 1.55 bits per heavy atom. The molecule has 0 aromatic carbocycles. The van der Waals surface area contributed by atoms with Gasteiger partial charge in [-0.3, -0.25) is 9.58 Å². The summed E-state index contributed by atoms with van der Waals surface area (Å²) < 4.78 is 7.80. The summed E-state index contributed by atoms with van der Waals surface area (Å²) in [4.78, 5) is 16.0. The number of nitrogens with one attached hydrogen (secondary N) is 1. The van der Waals surface area contributed by atoms with Crippen molar-refractivity contribution < 1.29 is 9.53 Å². The van der Waals surface area contributed by atoms with Gasteiger partial charge in [-0.05, 0) is 12.8 Å². The highest BCUT2D eigenvalue weighted by Crippen LogP contribution is 2.30. The van der Waals surface area contributed by atoms with Gasteiger partial charge in [-0.1, -0.05) is 0 Å². The first-order valence-corrected chi connectivity index (χ1v) is 7.85. The Hall–Kier alpha value is -1.60. The molecule has 2 aliphatic heterocycles. The minimum absolute atomic E-state index is 0.0527. The van der Waals surface area contributed by atoms with Gasteiger partial charge in [-0.15, -0.1) is 0 Å². The van der Waals surface area contributed by atoms with Crippen LogP contribution in [0.1, 0.15) is 18.4 Å². The molecule has 2 saturated heterocycles. The van der Waals surface area contributed by atoms with E-state index in [1.165, 1.54) is 5.56 Å². The molecule has 2 amide bonds. The van der Waals surface area contributed by atoms with Gasteiger partial charge in [-0.2, -0.15) is 5.10 Å². The van der Waals surface area contributed by atoms with Crippen LogP contribution in [0.3, 0.4) is 0 Å². The van der Waals surface area contributed by atoms with Crippen molar-refractivity contribution in [3.05, 3.63) is 18.0 Å². The standard InChI is InChI=1S/C15H25N5O2/c1-18(2)15(21)17-12-10-20(9-11-7-16-19(3)8-11)13-5-4-6-22-14(12)13/h7-8,12-14H,4-6,9-10H2,1-3H3,(H,17,21)/t12-,13+,14+/m1/s1. The molecule has 7 nitrogen and oxygen atoms in total. The number of fused-ring (bicyclic) bond motifs is 1. The van der Waals surface area contributed by atoms with Crippen molar-refractivity contribution in [2.75, 3.05) is 27.2 Å². The number of nitrogens with zero attached hydrogens (tertiary/aromatic N) is 4. The lowest BCUT2D eigenvalue weighted by Gasteiger charge is -2.32. The fourth-order valence-electron chi connectivity index (χ4n) is 3.44. The summed E-state index contributed by atoms with van der Waals surface area (Å²) in [7, 11) is 5.45. The second kappa shape index (κ2) is 6.26. The predicted molar refractivity (Wildman–Crippen MR) is 82.4 cm³/mol. The molecule has 2 aliphatic rings. The van der Waals surface area contributed by atoms with Crippen molar-refractivity contribution >= 4 is 6.03 Å². The number of carbonyl (C=O) groups is 1. The quantitative estimate of drug-likeness (QED) is 0.879. The minimum atomic E-state index is -0.0545. The van der Waals surface area contributed by atoms with Crippen LogP contribution in [0, 0.1) is 0 Å². The van der Waals surface area contributed by atoms with Gasteiger partial charge in [0, 0.05) is 58.6 Å². The van der Waals surface area contributed by atoms with Crippen LogP contribution >= 0.6 is 0 Å². The molecule has 122 valence electrons. The molecular weight excluding hydrogens is 282 g/mol. The highest BCUT2D eigenvalue weighted by atomic mass is 16.5. The maximum atomic E-state index is 12.0. The largest absolute Gasteiger partial charge is 0.374 e. The topological polar surface area (TPSA) is 62.6 Å². The minimum Gasteiger partial charge on any atom is -0.374 e. The number of urea groups is 1. The van der Waals surface area contributed by atoms with Crippen LogP contribution < -0.4 is 5.32 Å². The highest BCUT2D eigenvalue weighted by molar-refractivity contribution is 5.74. The van der Waals surface area contributed by atoms with Gasteiger partial charge in [0.15, 0.2) is 0 Å². The number of aromatic nitrogens is 2. The zero-order valence-electron chi connectivity index (χ0n) is 13.5. The lowest BCUT2D eigenvalue weighted by molar-refractivity contribution is -0.0207. The molecule has 0 bridgehead atoms. The van der Waals surface area contributed by atoms with Crippen LogP contribution in [-0.2, 0) is 18.3 Å². The van der Waals surface area contributed by atoms with Crippen LogP contribution in [0.25, 0.3) is 0 Å². The first-order chi connectivity index (χ1) is 10.5.